The minimum Gasteiger partial charge on any atom is -0.354 e. The minimum absolute atomic E-state index is 0.000780. The third-order valence-electron chi connectivity index (χ3n) is 7.72. The van der Waals surface area contributed by atoms with Crippen LogP contribution >= 0.6 is 0 Å². The van der Waals surface area contributed by atoms with Gasteiger partial charge in [0.1, 0.15) is 6.04 Å². The van der Waals surface area contributed by atoms with Gasteiger partial charge < -0.3 is 16.0 Å². The number of carbonyl (C=O) groups is 2. The maximum Gasteiger partial charge on any atom is 0.242 e. The molecular formula is C28H46N4O2. The van der Waals surface area contributed by atoms with Crippen molar-refractivity contribution in [1.82, 2.24) is 15.1 Å². The zero-order chi connectivity index (χ0) is 24.5. The van der Waals surface area contributed by atoms with Crippen molar-refractivity contribution in [2.45, 2.75) is 77.8 Å². The summed E-state index contributed by atoms with van der Waals surface area (Å²) in [6, 6.07) is 10.5. The van der Waals surface area contributed by atoms with Crippen LogP contribution in [0.1, 0.15) is 64.9 Å². The molecule has 3 N–H and O–H groups in total. The van der Waals surface area contributed by atoms with Crippen molar-refractivity contribution >= 4 is 11.8 Å². The Bertz CT molecular complexity index is 769. The SMILES string of the molecule is CC(=O)N1CCC(N(CCc2ccccc2)CC(C)C)C[C@@H]1C(=O)NCC1CCCC(CN)C1. The summed E-state index contributed by atoms with van der Waals surface area (Å²) in [6.07, 6.45) is 7.29. The van der Waals surface area contributed by atoms with Crippen LogP contribution in [0.15, 0.2) is 30.3 Å². The van der Waals surface area contributed by atoms with Crippen molar-refractivity contribution in [3.8, 4) is 0 Å². The predicted molar refractivity (Wildman–Crippen MR) is 138 cm³/mol. The molecule has 0 aromatic heterocycles. The first kappa shape index (κ1) is 26.7. The smallest absolute Gasteiger partial charge is 0.242 e. The Balaban J connectivity index is 1.63. The number of nitrogens with one attached hydrogen (secondary N) is 1. The first-order valence-electron chi connectivity index (χ1n) is 13.4. The summed E-state index contributed by atoms with van der Waals surface area (Å²) in [7, 11) is 0. The lowest BCUT2D eigenvalue weighted by atomic mass is 9.81. The Morgan fingerprint density at radius 1 is 1.12 bits per heavy atom. The van der Waals surface area contributed by atoms with Crippen LogP contribution in [-0.4, -0.2) is 66.4 Å². The largest absolute Gasteiger partial charge is 0.354 e. The maximum absolute atomic E-state index is 13.3. The van der Waals surface area contributed by atoms with Crippen LogP contribution in [0.4, 0.5) is 0 Å². The number of nitrogens with two attached hydrogens (primary N) is 1. The number of likely N-dealkylation sites (tertiary alicyclic amines) is 1. The maximum atomic E-state index is 13.3. The van der Waals surface area contributed by atoms with Crippen LogP contribution in [0, 0.1) is 17.8 Å². The van der Waals surface area contributed by atoms with Crippen molar-refractivity contribution in [3.05, 3.63) is 35.9 Å². The second kappa shape index (κ2) is 13.2. The number of piperidine rings is 1. The normalized spacial score (nSPS) is 25.5. The van der Waals surface area contributed by atoms with Crippen LogP contribution < -0.4 is 11.1 Å². The van der Waals surface area contributed by atoms with Gasteiger partial charge in [-0.25, -0.2) is 0 Å². The quantitative estimate of drug-likeness (QED) is 0.549. The van der Waals surface area contributed by atoms with Crippen LogP contribution in [0.25, 0.3) is 0 Å². The second-order valence-electron chi connectivity index (χ2n) is 10.9. The third kappa shape index (κ3) is 7.81. The molecule has 1 aromatic rings. The molecule has 1 aliphatic carbocycles. The number of rotatable bonds is 10. The molecule has 1 saturated carbocycles. The van der Waals surface area contributed by atoms with Gasteiger partial charge >= 0.3 is 0 Å². The van der Waals surface area contributed by atoms with Gasteiger partial charge in [-0.1, -0.05) is 50.6 Å². The Labute approximate surface area is 206 Å². The molecule has 2 fully saturated rings. The first-order chi connectivity index (χ1) is 16.4. The molecule has 1 saturated heterocycles. The van der Waals surface area contributed by atoms with Crippen molar-refractivity contribution in [2.24, 2.45) is 23.5 Å². The summed E-state index contributed by atoms with van der Waals surface area (Å²) < 4.78 is 0. The van der Waals surface area contributed by atoms with Gasteiger partial charge in [-0.15, -0.1) is 0 Å². The van der Waals surface area contributed by atoms with Crippen LogP contribution in [-0.2, 0) is 16.0 Å². The molecule has 1 heterocycles. The molecule has 6 nitrogen and oxygen atoms in total. The number of amides is 2. The van der Waals surface area contributed by atoms with E-state index in [1.165, 1.54) is 18.4 Å². The molecule has 34 heavy (non-hydrogen) atoms. The molecule has 2 aliphatic rings. The van der Waals surface area contributed by atoms with Crippen molar-refractivity contribution in [2.75, 3.05) is 32.7 Å². The van der Waals surface area contributed by atoms with E-state index in [1.807, 2.05) is 0 Å². The van der Waals surface area contributed by atoms with Crippen molar-refractivity contribution in [1.29, 1.82) is 0 Å². The third-order valence-corrected chi connectivity index (χ3v) is 7.72. The summed E-state index contributed by atoms with van der Waals surface area (Å²) in [5.74, 6) is 1.65. The van der Waals surface area contributed by atoms with Crippen LogP contribution in [0.3, 0.4) is 0 Å². The summed E-state index contributed by atoms with van der Waals surface area (Å²) in [4.78, 5) is 30.1. The molecule has 3 rings (SSSR count). The molecule has 1 aliphatic heterocycles. The average molecular weight is 471 g/mol. The number of carbonyl (C=O) groups excluding carboxylic acids is 2. The molecule has 0 bridgehead atoms. The highest BCUT2D eigenvalue weighted by molar-refractivity contribution is 5.87. The number of nitrogens with zero attached hydrogens (tertiary/aromatic N) is 2. The summed E-state index contributed by atoms with van der Waals surface area (Å²) in [5, 5.41) is 3.22. The van der Waals surface area contributed by atoms with E-state index in [0.29, 0.717) is 43.3 Å². The molecule has 6 heteroatoms. The monoisotopic (exact) mass is 470 g/mol. The molecule has 4 atom stereocenters. The molecule has 2 amide bonds. The molecule has 1 aromatic carbocycles. The van der Waals surface area contributed by atoms with Gasteiger partial charge in [0.2, 0.25) is 11.8 Å². The van der Waals surface area contributed by atoms with E-state index in [9.17, 15) is 9.59 Å². The highest BCUT2D eigenvalue weighted by atomic mass is 16.2. The van der Waals surface area contributed by atoms with Gasteiger partial charge in [0.25, 0.3) is 0 Å². The zero-order valence-electron chi connectivity index (χ0n) is 21.5. The van der Waals surface area contributed by atoms with Gasteiger partial charge in [-0.3, -0.25) is 14.5 Å². The minimum atomic E-state index is -0.378. The van der Waals surface area contributed by atoms with E-state index in [4.69, 9.17) is 5.73 Å². The van der Waals surface area contributed by atoms with Crippen molar-refractivity contribution in [3.63, 3.8) is 0 Å². The van der Waals surface area contributed by atoms with E-state index in [0.717, 1.165) is 45.3 Å². The Hall–Kier alpha value is -1.92. The summed E-state index contributed by atoms with van der Waals surface area (Å²) in [6.45, 7) is 10.2. The fourth-order valence-electron chi connectivity index (χ4n) is 5.88. The Morgan fingerprint density at radius 3 is 2.53 bits per heavy atom. The van der Waals surface area contributed by atoms with Gasteiger partial charge in [0.05, 0.1) is 0 Å². The number of hydrogen-bond acceptors (Lipinski definition) is 4. The van der Waals surface area contributed by atoms with E-state index in [1.54, 1.807) is 11.8 Å². The highest BCUT2D eigenvalue weighted by Gasteiger charge is 2.37. The Morgan fingerprint density at radius 2 is 1.85 bits per heavy atom. The first-order valence-corrected chi connectivity index (χ1v) is 13.4. The number of hydrogen-bond donors (Lipinski definition) is 2. The lowest BCUT2D eigenvalue weighted by Crippen LogP contribution is -2.57. The van der Waals surface area contributed by atoms with E-state index in [2.05, 4.69) is 54.4 Å². The summed E-state index contributed by atoms with van der Waals surface area (Å²) in [5.41, 5.74) is 7.24. The van der Waals surface area contributed by atoms with Crippen LogP contribution in [0.2, 0.25) is 0 Å². The summed E-state index contributed by atoms with van der Waals surface area (Å²) >= 11 is 0. The second-order valence-corrected chi connectivity index (χ2v) is 10.9. The fourth-order valence-corrected chi connectivity index (χ4v) is 5.88. The van der Waals surface area contributed by atoms with Crippen LogP contribution in [0.5, 0.6) is 0 Å². The number of benzene rings is 1. The molecule has 0 spiro atoms. The topological polar surface area (TPSA) is 78.7 Å². The van der Waals surface area contributed by atoms with E-state index in [-0.39, 0.29) is 17.9 Å². The molecular weight excluding hydrogens is 424 g/mol. The van der Waals surface area contributed by atoms with Gasteiger partial charge in [-0.05, 0) is 68.4 Å². The van der Waals surface area contributed by atoms with Gasteiger partial charge in [-0.2, -0.15) is 0 Å². The van der Waals surface area contributed by atoms with Gasteiger partial charge in [0.15, 0.2) is 0 Å². The lowest BCUT2D eigenvalue weighted by molar-refractivity contribution is -0.142. The highest BCUT2D eigenvalue weighted by Crippen LogP contribution is 2.28. The zero-order valence-corrected chi connectivity index (χ0v) is 21.5. The molecule has 190 valence electrons. The van der Waals surface area contributed by atoms with E-state index >= 15 is 0 Å². The molecule has 0 radical (unpaired) electrons. The van der Waals surface area contributed by atoms with Gasteiger partial charge in [0, 0.05) is 39.1 Å². The Kier molecular flexibility index (Phi) is 10.4. The standard InChI is InChI=1S/C28H46N4O2/c1-21(2)20-31(14-12-23-8-5-4-6-9-23)26-13-15-32(22(3)33)27(17-26)28(34)30-19-25-11-7-10-24(16-25)18-29/h4-6,8-9,21,24-27H,7,10-20,29H2,1-3H3,(H,30,34)/t24?,25?,26?,27-/m1/s1. The van der Waals surface area contributed by atoms with Crippen molar-refractivity contribution < 1.29 is 9.59 Å². The predicted octanol–water partition coefficient (Wildman–Crippen LogP) is 3.45. The van der Waals surface area contributed by atoms with E-state index < -0.39 is 0 Å². The fraction of sp³-hybridized carbons (Fsp3) is 0.714. The lowest BCUT2D eigenvalue weighted by Gasteiger charge is -2.43. The average Bonchev–Trinajstić information content (AvgIpc) is 2.85. The molecule has 3 unspecified atom stereocenters.